The average molecular weight is 201 g/mol. The zero-order valence-electron chi connectivity index (χ0n) is 8.30. The van der Waals surface area contributed by atoms with Gasteiger partial charge < -0.3 is 20.1 Å². The van der Waals surface area contributed by atoms with Crippen LogP contribution in [0.25, 0.3) is 0 Å². The molecule has 0 radical (unpaired) electrons. The van der Waals surface area contributed by atoms with Crippen molar-refractivity contribution >= 4 is 0 Å². The van der Waals surface area contributed by atoms with Crippen LogP contribution in [-0.2, 0) is 4.74 Å². The van der Waals surface area contributed by atoms with E-state index in [9.17, 15) is 0 Å². The highest BCUT2D eigenvalue weighted by molar-refractivity contribution is 4.93. The van der Waals surface area contributed by atoms with Gasteiger partial charge in [0, 0.05) is 6.61 Å². The van der Waals surface area contributed by atoms with Crippen LogP contribution in [0.4, 0.5) is 0 Å². The van der Waals surface area contributed by atoms with Crippen molar-refractivity contribution < 1.29 is 14.4 Å². The van der Waals surface area contributed by atoms with E-state index in [0.29, 0.717) is 12.4 Å². The van der Waals surface area contributed by atoms with Gasteiger partial charge in [-0.15, -0.1) is 0 Å². The number of aliphatic hydroxyl groups is 1. The first-order valence-corrected chi connectivity index (χ1v) is 4.50. The lowest BCUT2D eigenvalue weighted by Gasteiger charge is -2.05. The topological polar surface area (TPSA) is 94.4 Å². The summed E-state index contributed by atoms with van der Waals surface area (Å²) < 4.78 is 10.1. The summed E-state index contributed by atoms with van der Waals surface area (Å²) in [6.45, 7) is 4.07. The van der Waals surface area contributed by atoms with Crippen molar-refractivity contribution in [2.24, 2.45) is 5.73 Å². The number of aromatic nitrogens is 2. The van der Waals surface area contributed by atoms with Gasteiger partial charge in [0.2, 0.25) is 5.89 Å². The zero-order chi connectivity index (χ0) is 10.6. The van der Waals surface area contributed by atoms with E-state index in [2.05, 4.69) is 10.1 Å². The molecule has 3 N–H and O–H groups in total. The van der Waals surface area contributed by atoms with Crippen molar-refractivity contribution in [2.75, 3.05) is 13.2 Å². The summed E-state index contributed by atoms with van der Waals surface area (Å²) >= 11 is 0. The molecule has 14 heavy (non-hydrogen) atoms. The van der Waals surface area contributed by atoms with Gasteiger partial charge in [0.15, 0.2) is 5.82 Å². The Labute approximate surface area is 82.1 Å². The molecule has 80 valence electrons. The minimum absolute atomic E-state index is 0.218. The van der Waals surface area contributed by atoms with Gasteiger partial charge in [-0.1, -0.05) is 5.16 Å². The molecule has 0 amide bonds. The summed E-state index contributed by atoms with van der Waals surface area (Å²) in [6, 6.07) is -0.620. The Morgan fingerprint density at radius 3 is 2.93 bits per heavy atom. The number of ether oxygens (including phenoxy) is 1. The lowest BCUT2D eigenvalue weighted by Crippen LogP contribution is -2.15. The van der Waals surface area contributed by atoms with E-state index in [1.165, 1.54) is 0 Å². The lowest BCUT2D eigenvalue weighted by atomic mass is 10.3. The highest BCUT2D eigenvalue weighted by atomic mass is 16.5. The minimum Gasteiger partial charge on any atom is -0.394 e. The van der Waals surface area contributed by atoms with E-state index in [1.807, 2.05) is 13.8 Å². The van der Waals surface area contributed by atoms with E-state index < -0.39 is 6.04 Å². The highest BCUT2D eigenvalue weighted by Gasteiger charge is 2.17. The van der Waals surface area contributed by atoms with Crippen molar-refractivity contribution in [1.29, 1.82) is 0 Å². The molecule has 0 aliphatic carbocycles. The third-order valence-corrected chi connectivity index (χ3v) is 1.75. The molecule has 0 saturated carbocycles. The monoisotopic (exact) mass is 201 g/mol. The fourth-order valence-corrected chi connectivity index (χ4v) is 0.966. The molecule has 0 aromatic carbocycles. The van der Waals surface area contributed by atoms with Crippen molar-refractivity contribution in [3.8, 4) is 0 Å². The van der Waals surface area contributed by atoms with Gasteiger partial charge in [0.1, 0.15) is 12.1 Å². The number of hydrogen-bond acceptors (Lipinski definition) is 6. The maximum absolute atomic E-state index is 8.76. The van der Waals surface area contributed by atoms with Gasteiger partial charge in [-0.2, -0.15) is 4.98 Å². The molecular weight excluding hydrogens is 186 g/mol. The number of aliphatic hydroxyl groups excluding tert-OH is 1. The summed E-state index contributed by atoms with van der Waals surface area (Å²) in [6.07, 6.45) is -0.219. The van der Waals surface area contributed by atoms with E-state index in [4.69, 9.17) is 20.1 Å². The number of rotatable bonds is 5. The lowest BCUT2D eigenvalue weighted by molar-refractivity contribution is 0.0683. The number of hydrogen-bond donors (Lipinski definition) is 2. The maximum atomic E-state index is 8.76. The molecule has 0 bridgehead atoms. The molecule has 1 heterocycles. The molecule has 1 aromatic rings. The fourth-order valence-electron chi connectivity index (χ4n) is 0.966. The van der Waals surface area contributed by atoms with Gasteiger partial charge in [-0.25, -0.2) is 0 Å². The van der Waals surface area contributed by atoms with E-state index in [0.717, 1.165) is 0 Å². The van der Waals surface area contributed by atoms with Crippen molar-refractivity contribution in [2.45, 2.75) is 26.0 Å². The average Bonchev–Trinajstić information content (AvgIpc) is 2.66. The van der Waals surface area contributed by atoms with Crippen LogP contribution >= 0.6 is 0 Å². The second kappa shape index (κ2) is 5.04. The molecule has 1 unspecified atom stereocenters. The van der Waals surface area contributed by atoms with Crippen molar-refractivity contribution in [3.05, 3.63) is 11.7 Å². The van der Waals surface area contributed by atoms with Gasteiger partial charge in [-0.3, -0.25) is 0 Å². The van der Waals surface area contributed by atoms with Gasteiger partial charge in [0.25, 0.3) is 0 Å². The van der Waals surface area contributed by atoms with Crippen LogP contribution in [0.15, 0.2) is 4.52 Å². The van der Waals surface area contributed by atoms with Crippen LogP contribution in [0, 0.1) is 0 Å². The van der Waals surface area contributed by atoms with Gasteiger partial charge in [0.05, 0.1) is 6.61 Å². The second-order valence-corrected chi connectivity index (χ2v) is 2.88. The molecule has 1 rings (SSSR count). The summed E-state index contributed by atoms with van der Waals surface area (Å²) in [5, 5.41) is 12.5. The maximum Gasteiger partial charge on any atom is 0.246 e. The van der Waals surface area contributed by atoms with Crippen molar-refractivity contribution in [3.63, 3.8) is 0 Å². The number of nitrogens with zero attached hydrogens (tertiary/aromatic N) is 2. The smallest absolute Gasteiger partial charge is 0.246 e. The standard InChI is InChI=1S/C8H15N3O3/c1-3-13-5(2)7-10-8(14-11-7)6(9)4-12/h5-6,12H,3-4,9H2,1-2H3/t5?,6-/m0/s1. The molecular formula is C8H15N3O3. The van der Waals surface area contributed by atoms with E-state index >= 15 is 0 Å². The fraction of sp³-hybridized carbons (Fsp3) is 0.750. The first-order valence-electron chi connectivity index (χ1n) is 4.50. The molecule has 0 fully saturated rings. The zero-order valence-corrected chi connectivity index (χ0v) is 8.30. The predicted octanol–water partition coefficient (Wildman–Crippen LogP) is 0.159. The largest absolute Gasteiger partial charge is 0.394 e. The van der Waals surface area contributed by atoms with E-state index in [1.54, 1.807) is 0 Å². The molecule has 1 aromatic heterocycles. The predicted molar refractivity (Wildman–Crippen MR) is 48.4 cm³/mol. The molecule has 6 nitrogen and oxygen atoms in total. The van der Waals surface area contributed by atoms with Gasteiger partial charge >= 0.3 is 0 Å². The molecule has 0 aliphatic rings. The highest BCUT2D eigenvalue weighted by Crippen LogP contribution is 2.15. The Bertz CT molecular complexity index is 277. The SMILES string of the molecule is CCOC(C)c1noc([C@@H](N)CO)n1. The summed E-state index contributed by atoms with van der Waals surface area (Å²) in [7, 11) is 0. The Hall–Kier alpha value is -0.980. The van der Waals surface area contributed by atoms with Gasteiger partial charge in [-0.05, 0) is 13.8 Å². The molecule has 0 saturated heterocycles. The first-order chi connectivity index (χ1) is 6.69. The molecule has 0 aliphatic heterocycles. The van der Waals surface area contributed by atoms with Crippen molar-refractivity contribution in [1.82, 2.24) is 10.1 Å². The second-order valence-electron chi connectivity index (χ2n) is 2.88. The Morgan fingerprint density at radius 2 is 2.36 bits per heavy atom. The third-order valence-electron chi connectivity index (χ3n) is 1.75. The van der Waals surface area contributed by atoms with Crippen LogP contribution < -0.4 is 5.73 Å². The molecule has 0 spiro atoms. The van der Waals surface area contributed by atoms with Crippen LogP contribution in [0.1, 0.15) is 37.7 Å². The first kappa shape index (κ1) is 11.1. The van der Waals surface area contributed by atoms with Crippen LogP contribution in [-0.4, -0.2) is 28.5 Å². The quantitative estimate of drug-likeness (QED) is 0.704. The summed E-state index contributed by atoms with van der Waals surface area (Å²) in [5.74, 6) is 0.680. The normalized spacial score (nSPS) is 15.4. The molecule has 6 heteroatoms. The Morgan fingerprint density at radius 1 is 1.64 bits per heavy atom. The number of nitrogens with two attached hydrogens (primary N) is 1. The van der Waals surface area contributed by atoms with Crippen LogP contribution in [0.2, 0.25) is 0 Å². The van der Waals surface area contributed by atoms with Crippen LogP contribution in [0.5, 0.6) is 0 Å². The van der Waals surface area contributed by atoms with Crippen LogP contribution in [0.3, 0.4) is 0 Å². The minimum atomic E-state index is -0.620. The Balaban J connectivity index is 2.67. The third kappa shape index (κ3) is 2.50. The van der Waals surface area contributed by atoms with E-state index in [-0.39, 0.29) is 18.6 Å². The molecule has 2 atom stereocenters. The summed E-state index contributed by atoms with van der Waals surface area (Å²) in [5.41, 5.74) is 5.49. The Kier molecular flexibility index (Phi) is 3.99. The summed E-state index contributed by atoms with van der Waals surface area (Å²) in [4.78, 5) is 4.01.